The van der Waals surface area contributed by atoms with E-state index >= 15 is 0 Å². The monoisotopic (exact) mass is 447 g/mol. The van der Waals surface area contributed by atoms with E-state index in [9.17, 15) is 4.79 Å². The fraction of sp³-hybridized carbons (Fsp3) is 0.292. The first-order valence-corrected chi connectivity index (χ1v) is 11.6. The summed E-state index contributed by atoms with van der Waals surface area (Å²) in [6, 6.07) is 18.2. The van der Waals surface area contributed by atoms with Crippen molar-refractivity contribution >= 4 is 45.6 Å². The Kier molecular flexibility index (Phi) is 5.71. The first-order valence-electron chi connectivity index (χ1n) is 10.7. The lowest BCUT2D eigenvalue weighted by atomic mass is 10.1. The summed E-state index contributed by atoms with van der Waals surface area (Å²) in [5.41, 5.74) is 4.91. The largest absolute Gasteiger partial charge is 0.378 e. The number of para-hydroxylation sites is 1. The number of nitrogens with zero attached hydrogens (tertiary/aromatic N) is 4. The Morgan fingerprint density at radius 2 is 1.84 bits per heavy atom. The van der Waals surface area contributed by atoms with Crippen LogP contribution < -0.4 is 10.2 Å². The van der Waals surface area contributed by atoms with Crippen molar-refractivity contribution in [2.75, 3.05) is 36.5 Å². The van der Waals surface area contributed by atoms with E-state index < -0.39 is 0 Å². The molecule has 0 spiro atoms. The molecule has 4 aromatic rings. The van der Waals surface area contributed by atoms with Crippen LogP contribution in [-0.4, -0.2) is 52.1 Å². The highest BCUT2D eigenvalue weighted by molar-refractivity contribution is 8.00. The number of nitrogens with one attached hydrogen (secondary N) is 1. The molecule has 1 aliphatic rings. The zero-order chi connectivity index (χ0) is 22.1. The smallest absolute Gasteiger partial charge is 0.237 e. The van der Waals surface area contributed by atoms with Gasteiger partial charge in [-0.25, -0.2) is 0 Å². The minimum Gasteiger partial charge on any atom is -0.378 e. The molecule has 0 bridgehead atoms. The number of fused-ring (bicyclic) bond motifs is 3. The third-order valence-corrected chi connectivity index (χ3v) is 6.78. The number of thioether (sulfide) groups is 1. The van der Waals surface area contributed by atoms with E-state index in [4.69, 9.17) is 4.74 Å². The SMILES string of the molecule is Cc1cc2nnc(SC(C)C(=O)Nc3ccc(N4CCOCC4)cc3)n2c2ccccc12. The highest BCUT2D eigenvalue weighted by Crippen LogP contribution is 2.28. The second-order valence-corrected chi connectivity index (χ2v) is 9.22. The van der Waals surface area contributed by atoms with Gasteiger partial charge in [-0.05, 0) is 55.8 Å². The van der Waals surface area contributed by atoms with Crippen molar-refractivity contribution in [1.82, 2.24) is 14.6 Å². The Morgan fingerprint density at radius 3 is 2.62 bits per heavy atom. The van der Waals surface area contributed by atoms with E-state index in [1.54, 1.807) is 0 Å². The second-order valence-electron chi connectivity index (χ2n) is 7.92. The van der Waals surface area contributed by atoms with E-state index in [0.29, 0.717) is 5.16 Å². The number of ether oxygens (including phenoxy) is 1. The van der Waals surface area contributed by atoms with Crippen LogP contribution in [0, 0.1) is 6.92 Å². The van der Waals surface area contributed by atoms with Crippen LogP contribution in [0.25, 0.3) is 16.6 Å². The average Bonchev–Trinajstić information content (AvgIpc) is 3.22. The Balaban J connectivity index is 1.31. The van der Waals surface area contributed by atoms with Crippen LogP contribution in [0.15, 0.2) is 59.8 Å². The van der Waals surface area contributed by atoms with Crippen LogP contribution in [0.4, 0.5) is 11.4 Å². The van der Waals surface area contributed by atoms with Crippen LogP contribution in [0.3, 0.4) is 0 Å². The molecule has 3 heterocycles. The molecular formula is C24H25N5O2S. The fourth-order valence-corrected chi connectivity index (χ4v) is 4.85. The lowest BCUT2D eigenvalue weighted by Gasteiger charge is -2.28. The summed E-state index contributed by atoms with van der Waals surface area (Å²) >= 11 is 1.41. The molecule has 1 N–H and O–H groups in total. The Hall–Kier alpha value is -3.10. The maximum Gasteiger partial charge on any atom is 0.237 e. The topological polar surface area (TPSA) is 71.8 Å². The van der Waals surface area contributed by atoms with Gasteiger partial charge in [0.1, 0.15) is 0 Å². The Morgan fingerprint density at radius 1 is 1.09 bits per heavy atom. The normalized spacial score (nSPS) is 15.2. The van der Waals surface area contributed by atoms with Gasteiger partial charge >= 0.3 is 0 Å². The van der Waals surface area contributed by atoms with Crippen molar-refractivity contribution in [1.29, 1.82) is 0 Å². The van der Waals surface area contributed by atoms with Crippen molar-refractivity contribution in [2.45, 2.75) is 24.3 Å². The Bertz CT molecular complexity index is 1260. The number of aryl methyl sites for hydroxylation is 1. The van der Waals surface area contributed by atoms with Gasteiger partial charge in [0.25, 0.3) is 0 Å². The number of pyridine rings is 1. The van der Waals surface area contributed by atoms with E-state index in [-0.39, 0.29) is 11.2 Å². The summed E-state index contributed by atoms with van der Waals surface area (Å²) in [5.74, 6) is -0.0673. The van der Waals surface area contributed by atoms with E-state index in [1.807, 2.05) is 53.8 Å². The lowest BCUT2D eigenvalue weighted by Crippen LogP contribution is -2.36. The highest BCUT2D eigenvalue weighted by Gasteiger charge is 2.20. The zero-order valence-electron chi connectivity index (χ0n) is 18.1. The van der Waals surface area contributed by atoms with Gasteiger partial charge in [0, 0.05) is 29.9 Å². The number of hydrogen-bond donors (Lipinski definition) is 1. The molecule has 0 aliphatic carbocycles. The molecule has 32 heavy (non-hydrogen) atoms. The molecule has 1 fully saturated rings. The molecule has 5 rings (SSSR count). The van der Waals surface area contributed by atoms with Gasteiger partial charge < -0.3 is 15.0 Å². The lowest BCUT2D eigenvalue weighted by molar-refractivity contribution is -0.115. The predicted molar refractivity (Wildman–Crippen MR) is 129 cm³/mol. The van der Waals surface area contributed by atoms with Crippen molar-refractivity contribution in [2.24, 2.45) is 0 Å². The van der Waals surface area contributed by atoms with E-state index in [0.717, 1.165) is 59.8 Å². The number of carbonyl (C=O) groups is 1. The van der Waals surface area contributed by atoms with Gasteiger partial charge in [0.15, 0.2) is 10.8 Å². The maximum absolute atomic E-state index is 12.9. The van der Waals surface area contributed by atoms with Crippen molar-refractivity contribution in [3.8, 4) is 0 Å². The van der Waals surface area contributed by atoms with Crippen LogP contribution in [0.5, 0.6) is 0 Å². The van der Waals surface area contributed by atoms with E-state index in [1.165, 1.54) is 11.8 Å². The van der Waals surface area contributed by atoms with Gasteiger partial charge in [-0.3, -0.25) is 9.20 Å². The number of anilines is 2. The summed E-state index contributed by atoms with van der Waals surface area (Å²) in [6.07, 6.45) is 0. The summed E-state index contributed by atoms with van der Waals surface area (Å²) in [7, 11) is 0. The van der Waals surface area contributed by atoms with Gasteiger partial charge in [0.05, 0.1) is 24.0 Å². The number of hydrogen-bond acceptors (Lipinski definition) is 6. The average molecular weight is 448 g/mol. The minimum atomic E-state index is -0.332. The second kappa shape index (κ2) is 8.80. The first-order chi connectivity index (χ1) is 15.6. The van der Waals surface area contributed by atoms with Crippen LogP contribution in [0.2, 0.25) is 0 Å². The fourth-order valence-electron chi connectivity index (χ4n) is 3.98. The summed E-state index contributed by atoms with van der Waals surface area (Å²) < 4.78 is 7.43. The van der Waals surface area contributed by atoms with Crippen molar-refractivity contribution < 1.29 is 9.53 Å². The number of benzene rings is 2. The number of amides is 1. The summed E-state index contributed by atoms with van der Waals surface area (Å²) in [5, 5.41) is 13.2. The van der Waals surface area contributed by atoms with Crippen LogP contribution in [0.1, 0.15) is 12.5 Å². The molecule has 8 heteroatoms. The van der Waals surface area contributed by atoms with Gasteiger partial charge in [-0.2, -0.15) is 0 Å². The predicted octanol–water partition coefficient (Wildman–Crippen LogP) is 4.15. The molecule has 2 aromatic carbocycles. The molecule has 0 saturated carbocycles. The molecule has 1 amide bonds. The third-order valence-electron chi connectivity index (χ3n) is 5.74. The molecule has 1 unspecified atom stereocenters. The maximum atomic E-state index is 12.9. The molecule has 1 atom stereocenters. The van der Waals surface area contributed by atoms with E-state index in [2.05, 4.69) is 39.5 Å². The van der Waals surface area contributed by atoms with Gasteiger partial charge in [-0.15, -0.1) is 10.2 Å². The van der Waals surface area contributed by atoms with Crippen molar-refractivity contribution in [3.63, 3.8) is 0 Å². The molecule has 1 saturated heterocycles. The van der Waals surface area contributed by atoms with Crippen LogP contribution >= 0.6 is 11.8 Å². The standard InChI is InChI=1S/C24H25N5O2S/c1-16-15-22-26-27-24(29(22)21-6-4-3-5-20(16)21)32-17(2)23(30)25-18-7-9-19(10-8-18)28-11-13-31-14-12-28/h3-10,15,17H,11-14H2,1-2H3,(H,25,30). The molecular weight excluding hydrogens is 422 g/mol. The molecule has 0 radical (unpaired) electrons. The summed E-state index contributed by atoms with van der Waals surface area (Å²) in [6.45, 7) is 7.24. The molecule has 1 aliphatic heterocycles. The highest BCUT2D eigenvalue weighted by atomic mass is 32.2. The molecule has 2 aromatic heterocycles. The van der Waals surface area contributed by atoms with Crippen LogP contribution in [-0.2, 0) is 9.53 Å². The number of aromatic nitrogens is 3. The minimum absolute atomic E-state index is 0.0673. The third kappa shape index (κ3) is 4.03. The number of morpholine rings is 1. The van der Waals surface area contributed by atoms with Gasteiger partial charge in [0.2, 0.25) is 5.91 Å². The summed E-state index contributed by atoms with van der Waals surface area (Å²) in [4.78, 5) is 15.2. The number of carbonyl (C=O) groups excluding carboxylic acids is 1. The zero-order valence-corrected chi connectivity index (χ0v) is 18.9. The quantitative estimate of drug-likeness (QED) is 0.464. The Labute approximate surface area is 190 Å². The molecule has 7 nitrogen and oxygen atoms in total. The molecule has 164 valence electrons. The van der Waals surface area contributed by atoms with Gasteiger partial charge in [-0.1, -0.05) is 30.0 Å². The van der Waals surface area contributed by atoms with Crippen molar-refractivity contribution in [3.05, 3.63) is 60.2 Å². The first kappa shape index (κ1) is 20.8. The number of rotatable bonds is 5.